The van der Waals surface area contributed by atoms with Crippen molar-refractivity contribution in [3.8, 4) is 0 Å². The van der Waals surface area contributed by atoms with E-state index >= 15 is 0 Å². The van der Waals surface area contributed by atoms with E-state index in [-0.39, 0.29) is 33.2 Å². The van der Waals surface area contributed by atoms with Crippen molar-refractivity contribution in [1.82, 2.24) is 4.31 Å². The van der Waals surface area contributed by atoms with Crippen LogP contribution in [0.25, 0.3) is 0 Å². The molecule has 2 saturated carbocycles. The summed E-state index contributed by atoms with van der Waals surface area (Å²) in [5, 5.41) is 9.64. The van der Waals surface area contributed by atoms with E-state index in [0.29, 0.717) is 12.5 Å². The van der Waals surface area contributed by atoms with Crippen LogP contribution in [0.15, 0.2) is 17.0 Å². The number of hydrogen-bond acceptors (Lipinski definition) is 3. The molecule has 2 fully saturated rings. The van der Waals surface area contributed by atoms with Crippen LogP contribution in [0.2, 0.25) is 10.0 Å². The Balaban J connectivity index is 2.00. The average molecular weight is 350 g/mol. The van der Waals surface area contributed by atoms with Crippen molar-refractivity contribution in [3.05, 3.63) is 27.7 Å². The quantitative estimate of drug-likeness (QED) is 0.858. The maximum absolute atomic E-state index is 12.9. The van der Waals surface area contributed by atoms with Gasteiger partial charge in [-0.15, -0.1) is 0 Å². The first-order valence-corrected chi connectivity index (χ1v) is 9.24. The van der Waals surface area contributed by atoms with Crippen molar-refractivity contribution in [3.63, 3.8) is 0 Å². The molecular weight excluding hydrogens is 333 g/mol. The maximum atomic E-state index is 12.9. The highest BCUT2D eigenvalue weighted by Crippen LogP contribution is 2.40. The standard InChI is InChI=1S/C14H17Cl2NO3S/c15-12-5-6-13(14(16)11(12)8-18)21(19,20)17(10-3-4-10)7-9-1-2-9/h5-6,9-10,18H,1-4,7-8H2. The van der Waals surface area contributed by atoms with Gasteiger partial charge in [0.15, 0.2) is 0 Å². The molecule has 0 unspecified atom stereocenters. The number of halogens is 2. The van der Waals surface area contributed by atoms with Gasteiger partial charge in [-0.1, -0.05) is 23.2 Å². The van der Waals surface area contributed by atoms with Crippen LogP contribution in [0.3, 0.4) is 0 Å². The molecule has 0 aliphatic heterocycles. The van der Waals surface area contributed by atoms with Crippen LogP contribution in [0.1, 0.15) is 31.2 Å². The van der Waals surface area contributed by atoms with Gasteiger partial charge in [-0.05, 0) is 43.7 Å². The van der Waals surface area contributed by atoms with Crippen molar-refractivity contribution in [2.75, 3.05) is 6.54 Å². The van der Waals surface area contributed by atoms with Crippen LogP contribution in [-0.2, 0) is 16.6 Å². The third kappa shape index (κ3) is 3.08. The number of nitrogens with zero attached hydrogens (tertiary/aromatic N) is 1. The third-order valence-electron chi connectivity index (χ3n) is 3.98. The monoisotopic (exact) mass is 349 g/mol. The van der Waals surface area contributed by atoms with Gasteiger partial charge >= 0.3 is 0 Å². The number of rotatable bonds is 6. The van der Waals surface area contributed by atoms with Gasteiger partial charge < -0.3 is 5.11 Å². The minimum Gasteiger partial charge on any atom is -0.392 e. The molecule has 0 amide bonds. The molecule has 0 atom stereocenters. The molecular formula is C14H17Cl2NO3S. The van der Waals surface area contributed by atoms with Crippen molar-refractivity contribution in [2.45, 2.75) is 43.2 Å². The lowest BCUT2D eigenvalue weighted by atomic mass is 10.2. The molecule has 2 aliphatic carbocycles. The summed E-state index contributed by atoms with van der Waals surface area (Å²) in [5.41, 5.74) is 0.265. The van der Waals surface area contributed by atoms with E-state index in [1.165, 1.54) is 12.1 Å². The molecule has 4 nitrogen and oxygen atoms in total. The third-order valence-corrected chi connectivity index (χ3v) is 6.84. The molecule has 21 heavy (non-hydrogen) atoms. The lowest BCUT2D eigenvalue weighted by molar-refractivity contribution is 0.281. The molecule has 0 bridgehead atoms. The second kappa shape index (κ2) is 5.70. The van der Waals surface area contributed by atoms with Crippen molar-refractivity contribution in [2.24, 2.45) is 5.92 Å². The Bertz CT molecular complexity index is 654. The largest absolute Gasteiger partial charge is 0.392 e. The van der Waals surface area contributed by atoms with Crippen molar-refractivity contribution < 1.29 is 13.5 Å². The van der Waals surface area contributed by atoms with E-state index < -0.39 is 10.0 Å². The fourth-order valence-corrected chi connectivity index (χ4v) is 5.04. The summed E-state index contributed by atoms with van der Waals surface area (Å²) in [7, 11) is -3.64. The maximum Gasteiger partial charge on any atom is 0.244 e. The van der Waals surface area contributed by atoms with Crippen LogP contribution in [0, 0.1) is 5.92 Å². The van der Waals surface area contributed by atoms with Gasteiger partial charge in [-0.25, -0.2) is 8.42 Å². The summed E-state index contributed by atoms with van der Waals surface area (Å²) >= 11 is 12.1. The Kier molecular flexibility index (Phi) is 4.23. The predicted molar refractivity (Wildman–Crippen MR) is 82.0 cm³/mol. The number of aliphatic hydroxyl groups excluding tert-OH is 1. The van der Waals surface area contributed by atoms with E-state index in [4.69, 9.17) is 23.2 Å². The summed E-state index contributed by atoms with van der Waals surface area (Å²) in [4.78, 5) is 0.0465. The van der Waals surface area contributed by atoms with Crippen LogP contribution >= 0.6 is 23.2 Å². The van der Waals surface area contributed by atoms with Gasteiger partial charge in [-0.3, -0.25) is 0 Å². The summed E-state index contributed by atoms with van der Waals surface area (Å²) < 4.78 is 27.4. The number of aliphatic hydroxyl groups is 1. The highest BCUT2D eigenvalue weighted by molar-refractivity contribution is 7.89. The van der Waals surface area contributed by atoms with E-state index in [1.54, 1.807) is 4.31 Å². The topological polar surface area (TPSA) is 57.6 Å². The second-order valence-corrected chi connectivity index (χ2v) is 8.39. The lowest BCUT2D eigenvalue weighted by Gasteiger charge is -2.23. The second-order valence-electron chi connectivity index (χ2n) is 5.75. The van der Waals surface area contributed by atoms with Crippen LogP contribution < -0.4 is 0 Å². The Hall–Kier alpha value is -0.330. The Morgan fingerprint density at radius 3 is 2.38 bits per heavy atom. The highest BCUT2D eigenvalue weighted by atomic mass is 35.5. The molecule has 116 valence electrons. The first-order chi connectivity index (χ1) is 9.95. The molecule has 0 heterocycles. The van der Waals surface area contributed by atoms with E-state index in [2.05, 4.69) is 0 Å². The lowest BCUT2D eigenvalue weighted by Crippen LogP contribution is -2.35. The summed E-state index contributed by atoms with van der Waals surface area (Å²) in [5.74, 6) is 0.476. The van der Waals surface area contributed by atoms with E-state index in [0.717, 1.165) is 25.7 Å². The SMILES string of the molecule is O=S(=O)(c1ccc(Cl)c(CO)c1Cl)N(CC1CC1)C1CC1. The fraction of sp³-hybridized carbons (Fsp3) is 0.571. The Morgan fingerprint density at radius 2 is 1.86 bits per heavy atom. The molecule has 1 aromatic carbocycles. The Morgan fingerprint density at radius 1 is 1.19 bits per heavy atom. The zero-order chi connectivity index (χ0) is 15.2. The van der Waals surface area contributed by atoms with Gasteiger partial charge in [0.05, 0.1) is 11.6 Å². The predicted octanol–water partition coefficient (Wildman–Crippen LogP) is 3.05. The zero-order valence-corrected chi connectivity index (χ0v) is 13.8. The van der Waals surface area contributed by atoms with Gasteiger partial charge in [0.2, 0.25) is 10.0 Å². The van der Waals surface area contributed by atoms with Crippen LogP contribution in [0.4, 0.5) is 0 Å². The number of hydrogen-bond donors (Lipinski definition) is 1. The highest BCUT2D eigenvalue weighted by Gasteiger charge is 2.42. The van der Waals surface area contributed by atoms with E-state index in [1.807, 2.05) is 0 Å². The molecule has 0 saturated heterocycles. The first-order valence-electron chi connectivity index (χ1n) is 7.04. The van der Waals surface area contributed by atoms with Gasteiger partial charge in [0, 0.05) is 23.2 Å². The van der Waals surface area contributed by atoms with Crippen LogP contribution in [0.5, 0.6) is 0 Å². The van der Waals surface area contributed by atoms with Crippen molar-refractivity contribution >= 4 is 33.2 Å². The molecule has 1 aromatic rings. The molecule has 2 aliphatic rings. The van der Waals surface area contributed by atoms with Gasteiger partial charge in [0.25, 0.3) is 0 Å². The fourth-order valence-electron chi connectivity index (χ4n) is 2.41. The molecule has 0 aromatic heterocycles. The molecule has 0 spiro atoms. The summed E-state index contributed by atoms with van der Waals surface area (Å²) in [6.07, 6.45) is 4.00. The minimum atomic E-state index is -3.64. The number of benzene rings is 1. The van der Waals surface area contributed by atoms with E-state index in [9.17, 15) is 13.5 Å². The number of sulfonamides is 1. The van der Waals surface area contributed by atoms with Gasteiger partial charge in [0.1, 0.15) is 4.90 Å². The summed E-state index contributed by atoms with van der Waals surface area (Å²) in [6, 6.07) is 3.01. The smallest absolute Gasteiger partial charge is 0.244 e. The summed E-state index contributed by atoms with van der Waals surface area (Å²) in [6.45, 7) is 0.188. The molecule has 0 radical (unpaired) electrons. The normalized spacial score (nSPS) is 19.2. The van der Waals surface area contributed by atoms with Crippen molar-refractivity contribution in [1.29, 1.82) is 0 Å². The molecule has 1 N–H and O–H groups in total. The van der Waals surface area contributed by atoms with Crippen LogP contribution in [-0.4, -0.2) is 30.4 Å². The molecule has 3 rings (SSSR count). The zero-order valence-electron chi connectivity index (χ0n) is 11.4. The first kappa shape index (κ1) is 15.6. The molecule has 7 heteroatoms. The minimum absolute atomic E-state index is 0.0337. The average Bonchev–Trinajstić information content (AvgIpc) is 3.29. The van der Waals surface area contributed by atoms with Gasteiger partial charge in [-0.2, -0.15) is 4.31 Å². The Labute approximate surface area is 134 Å².